The van der Waals surface area contributed by atoms with Crippen LogP contribution in [0.15, 0.2) is 85.5 Å². The zero-order valence-corrected chi connectivity index (χ0v) is 23.4. The van der Waals surface area contributed by atoms with Gasteiger partial charge in [-0.15, -0.1) is 0 Å². The van der Waals surface area contributed by atoms with Crippen molar-refractivity contribution in [3.05, 3.63) is 107 Å². The quantitative estimate of drug-likeness (QED) is 0.216. The van der Waals surface area contributed by atoms with E-state index in [0.29, 0.717) is 41.1 Å². The number of amides is 1. The van der Waals surface area contributed by atoms with E-state index in [0.717, 1.165) is 30.1 Å². The van der Waals surface area contributed by atoms with Gasteiger partial charge >= 0.3 is 0 Å². The minimum atomic E-state index is -0.606. The fourth-order valence-corrected chi connectivity index (χ4v) is 4.97. The van der Waals surface area contributed by atoms with Crippen molar-refractivity contribution in [2.75, 3.05) is 44.3 Å². The number of carbonyl (C=O) groups is 1. The first-order valence-corrected chi connectivity index (χ1v) is 13.8. The van der Waals surface area contributed by atoms with Crippen LogP contribution < -0.4 is 14.4 Å². The lowest BCUT2D eigenvalue weighted by molar-refractivity contribution is -0.126. The van der Waals surface area contributed by atoms with Crippen molar-refractivity contribution in [3.63, 3.8) is 0 Å². The number of benzene rings is 3. The van der Waals surface area contributed by atoms with E-state index < -0.39 is 12.6 Å². The molecule has 0 radical (unpaired) electrons. The van der Waals surface area contributed by atoms with Crippen molar-refractivity contribution >= 4 is 40.9 Å². The Morgan fingerprint density at radius 3 is 2.40 bits per heavy atom. The molecule has 7 nitrogen and oxygen atoms in total. The van der Waals surface area contributed by atoms with Crippen LogP contribution in [-0.4, -0.2) is 56.5 Å². The fraction of sp³-hybridized carbons (Fsp3) is 0.258. The number of hydrogen-bond acceptors (Lipinski definition) is 6. The number of piperazine rings is 1. The second-order valence-electron chi connectivity index (χ2n) is 9.32. The third kappa shape index (κ3) is 7.17. The van der Waals surface area contributed by atoms with Gasteiger partial charge in [0, 0.05) is 48.5 Å². The van der Waals surface area contributed by atoms with Gasteiger partial charge in [-0.3, -0.25) is 4.79 Å². The van der Waals surface area contributed by atoms with Crippen LogP contribution in [-0.2, 0) is 14.3 Å². The standard InChI is InChI=1S/C31H30Cl2N2O5/c1-2-19-37-25-9-3-22(4-10-25)5-14-29(36)35-17-15-34(16-18-35)24-7-11-26(12-8-24)39-30-21-38-31(40-30)27-13-6-23(32)20-28(27)33/h2-14,20,30-31H,1,15-19,21H2/b14-5+. The summed E-state index contributed by atoms with van der Waals surface area (Å²) in [5, 5.41) is 1.04. The first-order chi connectivity index (χ1) is 19.5. The zero-order valence-electron chi connectivity index (χ0n) is 21.9. The molecule has 208 valence electrons. The van der Waals surface area contributed by atoms with Crippen LogP contribution >= 0.6 is 23.2 Å². The monoisotopic (exact) mass is 580 g/mol. The number of nitrogens with zero attached hydrogens (tertiary/aromatic N) is 2. The van der Waals surface area contributed by atoms with Gasteiger partial charge in [-0.2, -0.15) is 0 Å². The lowest BCUT2D eigenvalue weighted by atomic mass is 10.2. The average Bonchev–Trinajstić information content (AvgIpc) is 3.44. The molecule has 2 atom stereocenters. The van der Waals surface area contributed by atoms with Gasteiger partial charge in [0.15, 0.2) is 6.29 Å². The third-order valence-corrected chi connectivity index (χ3v) is 7.16. The maximum absolute atomic E-state index is 12.7. The van der Waals surface area contributed by atoms with Crippen molar-refractivity contribution in [2.45, 2.75) is 12.6 Å². The van der Waals surface area contributed by atoms with Gasteiger partial charge in [0.25, 0.3) is 0 Å². The predicted octanol–water partition coefficient (Wildman–Crippen LogP) is 6.37. The van der Waals surface area contributed by atoms with Crippen LogP contribution in [0.25, 0.3) is 6.08 Å². The highest BCUT2D eigenvalue weighted by Gasteiger charge is 2.30. The molecule has 0 bridgehead atoms. The SMILES string of the molecule is C=CCOc1ccc(/C=C/C(=O)N2CCN(c3ccc(OC4COC(c5ccc(Cl)cc5Cl)O4)cc3)CC2)cc1. The molecule has 0 N–H and O–H groups in total. The molecule has 1 amide bonds. The van der Waals surface area contributed by atoms with Gasteiger partial charge in [0.05, 0.1) is 5.02 Å². The first kappa shape index (κ1) is 28.1. The fourth-order valence-electron chi connectivity index (χ4n) is 4.48. The molecule has 0 aromatic heterocycles. The van der Waals surface area contributed by atoms with Gasteiger partial charge in [-0.05, 0) is 60.2 Å². The van der Waals surface area contributed by atoms with E-state index in [9.17, 15) is 4.79 Å². The number of halogens is 2. The smallest absolute Gasteiger partial charge is 0.246 e. The van der Waals surface area contributed by atoms with Gasteiger partial charge in [0.1, 0.15) is 24.7 Å². The number of anilines is 1. The summed E-state index contributed by atoms with van der Waals surface area (Å²) in [6, 6.07) is 20.7. The second-order valence-corrected chi connectivity index (χ2v) is 10.2. The summed E-state index contributed by atoms with van der Waals surface area (Å²) in [4.78, 5) is 16.8. The molecule has 0 spiro atoms. The van der Waals surface area contributed by atoms with Gasteiger partial charge in [-0.1, -0.05) is 54.1 Å². The molecule has 2 aliphatic rings. The zero-order chi connectivity index (χ0) is 27.9. The number of ether oxygens (including phenoxy) is 4. The minimum Gasteiger partial charge on any atom is -0.490 e. The lowest BCUT2D eigenvalue weighted by Gasteiger charge is -2.35. The van der Waals surface area contributed by atoms with E-state index in [-0.39, 0.29) is 12.5 Å². The van der Waals surface area contributed by atoms with Crippen molar-refractivity contribution < 1.29 is 23.7 Å². The topological polar surface area (TPSA) is 60.5 Å². The highest BCUT2D eigenvalue weighted by Crippen LogP contribution is 2.34. The molecule has 3 aromatic carbocycles. The van der Waals surface area contributed by atoms with Gasteiger partial charge < -0.3 is 28.7 Å². The van der Waals surface area contributed by atoms with Crippen molar-refractivity contribution in [2.24, 2.45) is 0 Å². The summed E-state index contributed by atoms with van der Waals surface area (Å²) in [6.07, 6.45) is 4.00. The van der Waals surface area contributed by atoms with E-state index in [1.165, 1.54) is 0 Å². The Bertz CT molecular complexity index is 1340. The molecule has 2 unspecified atom stereocenters. The maximum atomic E-state index is 12.7. The molecular weight excluding hydrogens is 551 g/mol. The predicted molar refractivity (Wildman–Crippen MR) is 157 cm³/mol. The molecule has 0 saturated carbocycles. The summed E-state index contributed by atoms with van der Waals surface area (Å²) in [6.45, 7) is 7.19. The van der Waals surface area contributed by atoms with Crippen molar-refractivity contribution in [3.8, 4) is 11.5 Å². The Kier molecular flexibility index (Phi) is 9.29. The average molecular weight is 581 g/mol. The first-order valence-electron chi connectivity index (χ1n) is 13.0. The van der Waals surface area contributed by atoms with E-state index in [4.69, 9.17) is 42.1 Å². The number of rotatable bonds is 9. The molecule has 0 aliphatic carbocycles. The molecule has 9 heteroatoms. The molecular formula is C31H30Cl2N2O5. The Morgan fingerprint density at radius 2 is 1.70 bits per heavy atom. The maximum Gasteiger partial charge on any atom is 0.246 e. The van der Waals surface area contributed by atoms with E-state index >= 15 is 0 Å². The van der Waals surface area contributed by atoms with E-state index in [1.807, 2.05) is 59.5 Å². The Hall–Kier alpha value is -3.49. The van der Waals surface area contributed by atoms with Gasteiger partial charge in [0.2, 0.25) is 12.2 Å². The molecule has 2 saturated heterocycles. The van der Waals surface area contributed by atoms with Crippen LogP contribution in [0.1, 0.15) is 17.4 Å². The van der Waals surface area contributed by atoms with Gasteiger partial charge in [-0.25, -0.2) is 0 Å². The number of carbonyl (C=O) groups excluding carboxylic acids is 1. The second kappa shape index (κ2) is 13.2. The Balaban J connectivity index is 1.07. The molecule has 2 fully saturated rings. The minimum absolute atomic E-state index is 0.00681. The van der Waals surface area contributed by atoms with Crippen molar-refractivity contribution in [1.82, 2.24) is 4.90 Å². The highest BCUT2D eigenvalue weighted by atomic mass is 35.5. The summed E-state index contributed by atoms with van der Waals surface area (Å²) >= 11 is 12.3. The number of hydrogen-bond donors (Lipinski definition) is 0. The normalized spacial score (nSPS) is 19.1. The van der Waals surface area contributed by atoms with Crippen LogP contribution in [0.5, 0.6) is 11.5 Å². The van der Waals surface area contributed by atoms with Crippen LogP contribution in [0.2, 0.25) is 10.0 Å². The van der Waals surface area contributed by atoms with E-state index in [1.54, 1.807) is 30.4 Å². The van der Waals surface area contributed by atoms with Crippen molar-refractivity contribution in [1.29, 1.82) is 0 Å². The summed E-state index contributed by atoms with van der Waals surface area (Å²) < 4.78 is 23.1. The molecule has 5 rings (SSSR count). The summed E-state index contributed by atoms with van der Waals surface area (Å²) in [5.41, 5.74) is 2.73. The molecule has 2 aliphatic heterocycles. The Labute approximate surface area is 244 Å². The van der Waals surface area contributed by atoms with Crippen LogP contribution in [0.4, 0.5) is 5.69 Å². The third-order valence-electron chi connectivity index (χ3n) is 6.60. The molecule has 3 aromatic rings. The highest BCUT2D eigenvalue weighted by molar-refractivity contribution is 6.35. The van der Waals surface area contributed by atoms with Crippen LogP contribution in [0.3, 0.4) is 0 Å². The lowest BCUT2D eigenvalue weighted by Crippen LogP contribution is -2.48. The van der Waals surface area contributed by atoms with Crippen LogP contribution in [0, 0.1) is 0 Å². The summed E-state index contributed by atoms with van der Waals surface area (Å²) in [5.74, 6) is 1.46. The molecule has 2 heterocycles. The molecule has 40 heavy (non-hydrogen) atoms. The largest absolute Gasteiger partial charge is 0.490 e. The van der Waals surface area contributed by atoms with E-state index in [2.05, 4.69) is 11.5 Å². The Morgan fingerprint density at radius 1 is 0.975 bits per heavy atom. The summed E-state index contributed by atoms with van der Waals surface area (Å²) in [7, 11) is 0.